The highest BCUT2D eigenvalue weighted by molar-refractivity contribution is 5.99. The number of carbonyl (C=O) groups excluding carboxylic acids is 2. The Morgan fingerprint density at radius 1 is 1.07 bits per heavy atom. The molecule has 9 heteroatoms. The highest BCUT2D eigenvalue weighted by Gasteiger charge is 2.43. The first-order valence-corrected chi connectivity index (χ1v) is 13.8. The van der Waals surface area contributed by atoms with E-state index >= 15 is 0 Å². The fourth-order valence-electron chi connectivity index (χ4n) is 5.54. The van der Waals surface area contributed by atoms with Crippen LogP contribution in [0.2, 0.25) is 0 Å². The van der Waals surface area contributed by atoms with E-state index in [0.29, 0.717) is 18.0 Å². The minimum Gasteiger partial charge on any atom is -0.483 e. The van der Waals surface area contributed by atoms with Crippen molar-refractivity contribution in [2.24, 2.45) is 5.92 Å². The molecule has 1 saturated heterocycles. The number of fused-ring (bicyclic) bond motifs is 2. The Labute approximate surface area is 233 Å². The molecular weight excluding hydrogens is 511 g/mol. The number of nitrogens with zero attached hydrogens (tertiary/aromatic N) is 3. The molecule has 0 unspecified atom stereocenters. The van der Waals surface area contributed by atoms with E-state index in [1.54, 1.807) is 16.7 Å². The van der Waals surface area contributed by atoms with Crippen LogP contribution in [0.5, 0.6) is 5.75 Å². The van der Waals surface area contributed by atoms with Gasteiger partial charge in [0.25, 0.3) is 11.8 Å². The zero-order valence-electron chi connectivity index (χ0n) is 23.1. The second-order valence-corrected chi connectivity index (χ2v) is 11.0. The van der Waals surface area contributed by atoms with E-state index in [0.717, 1.165) is 25.1 Å². The Balaban J connectivity index is 1.52. The fourth-order valence-corrected chi connectivity index (χ4v) is 5.54. The van der Waals surface area contributed by atoms with Crippen molar-refractivity contribution in [2.75, 3.05) is 13.1 Å². The van der Waals surface area contributed by atoms with Crippen LogP contribution in [-0.4, -0.2) is 51.5 Å². The zero-order valence-corrected chi connectivity index (χ0v) is 23.1. The molecule has 2 atom stereocenters. The maximum absolute atomic E-state index is 14.0. The van der Waals surface area contributed by atoms with Gasteiger partial charge >= 0.3 is 0 Å². The molecule has 1 fully saturated rings. The summed E-state index contributed by atoms with van der Waals surface area (Å²) in [7, 11) is 0. The van der Waals surface area contributed by atoms with Crippen LogP contribution in [0.25, 0.3) is 0 Å². The molecule has 2 amide bonds. The van der Waals surface area contributed by atoms with Gasteiger partial charge in [-0.2, -0.15) is 0 Å². The zero-order chi connectivity index (χ0) is 28.4. The maximum Gasteiger partial charge on any atom is 0.276 e. The highest BCUT2D eigenvalue weighted by Crippen LogP contribution is 2.32. The van der Waals surface area contributed by atoms with Crippen molar-refractivity contribution >= 4 is 11.8 Å². The Morgan fingerprint density at radius 3 is 2.50 bits per heavy atom. The number of ether oxygens (including phenoxy) is 1. The smallest absolute Gasteiger partial charge is 0.276 e. The predicted molar refractivity (Wildman–Crippen MR) is 149 cm³/mol. The van der Waals surface area contributed by atoms with Gasteiger partial charge in [-0.05, 0) is 42.5 Å². The molecule has 1 aromatic heterocycles. The van der Waals surface area contributed by atoms with E-state index in [2.05, 4.69) is 24.1 Å². The molecule has 0 radical (unpaired) electrons. The van der Waals surface area contributed by atoms with Crippen LogP contribution in [0.4, 0.5) is 4.39 Å². The van der Waals surface area contributed by atoms with E-state index in [-0.39, 0.29) is 54.1 Å². The van der Waals surface area contributed by atoms with Crippen molar-refractivity contribution in [1.82, 2.24) is 19.7 Å². The molecule has 0 saturated carbocycles. The quantitative estimate of drug-likeness (QED) is 0.461. The first-order valence-electron chi connectivity index (χ1n) is 13.8. The number of pyridine rings is 1. The molecule has 40 heavy (non-hydrogen) atoms. The lowest BCUT2D eigenvalue weighted by Gasteiger charge is -2.50. The van der Waals surface area contributed by atoms with E-state index < -0.39 is 11.3 Å². The van der Waals surface area contributed by atoms with Gasteiger partial charge in [-0.25, -0.2) is 4.39 Å². The van der Waals surface area contributed by atoms with Crippen LogP contribution in [0.1, 0.15) is 59.2 Å². The van der Waals surface area contributed by atoms with Crippen molar-refractivity contribution in [3.63, 3.8) is 0 Å². The molecule has 3 heterocycles. The number of hydrogen-bond donors (Lipinski definition) is 1. The highest BCUT2D eigenvalue weighted by atomic mass is 19.1. The maximum atomic E-state index is 14.0. The number of hydrogen-bond acceptors (Lipinski definition) is 5. The van der Waals surface area contributed by atoms with Gasteiger partial charge in [-0.15, -0.1) is 0 Å². The molecule has 2 aliphatic rings. The first-order chi connectivity index (χ1) is 19.2. The summed E-state index contributed by atoms with van der Waals surface area (Å²) in [5.41, 5.74) is 0.969. The number of halogens is 1. The van der Waals surface area contributed by atoms with Gasteiger partial charge in [0.15, 0.2) is 11.4 Å². The van der Waals surface area contributed by atoms with E-state index in [4.69, 9.17) is 4.74 Å². The average Bonchev–Trinajstić information content (AvgIpc) is 2.94. The van der Waals surface area contributed by atoms with E-state index in [9.17, 15) is 18.8 Å². The van der Waals surface area contributed by atoms with Gasteiger partial charge < -0.3 is 19.5 Å². The average molecular weight is 547 g/mol. The minimum atomic E-state index is -0.630. The topological polar surface area (TPSA) is 83.9 Å². The standard InChI is InChI=1S/C31H35FN4O4/c1-20(2)16-34-14-13-21(3)36-26(34)18-35-17-25(30(38)33-15-22-9-11-24(32)12-10-22)28(37)29(27(35)31(36)39)40-19-23-7-5-4-6-8-23/h4-12,17,20-21,26H,13-16,18-19H2,1-3H3,(H,33,38)/t21-,26-/m1/s1. The summed E-state index contributed by atoms with van der Waals surface area (Å²) in [4.78, 5) is 45.2. The molecule has 3 aromatic rings. The molecule has 210 valence electrons. The van der Waals surface area contributed by atoms with Crippen molar-refractivity contribution in [2.45, 2.75) is 59.1 Å². The van der Waals surface area contributed by atoms with Gasteiger partial charge in [0.2, 0.25) is 5.43 Å². The molecule has 0 bridgehead atoms. The number of carbonyl (C=O) groups is 2. The number of benzene rings is 2. The molecule has 2 aliphatic heterocycles. The van der Waals surface area contributed by atoms with Crippen LogP contribution in [0.15, 0.2) is 65.6 Å². The Hall–Kier alpha value is -3.98. The third-order valence-electron chi connectivity index (χ3n) is 7.52. The summed E-state index contributed by atoms with van der Waals surface area (Å²) in [6.07, 6.45) is 2.13. The van der Waals surface area contributed by atoms with Crippen LogP contribution < -0.4 is 15.5 Å². The number of rotatable bonds is 8. The summed E-state index contributed by atoms with van der Waals surface area (Å²) in [6, 6.07) is 15.2. The third kappa shape index (κ3) is 5.65. The van der Waals surface area contributed by atoms with Crippen LogP contribution in [0, 0.1) is 11.7 Å². The molecule has 0 aliphatic carbocycles. The fraction of sp³-hybridized carbons (Fsp3) is 0.387. The van der Waals surface area contributed by atoms with Crippen molar-refractivity contribution in [3.8, 4) is 5.75 Å². The molecule has 5 rings (SSSR count). The number of nitrogens with one attached hydrogen (secondary N) is 1. The van der Waals surface area contributed by atoms with Gasteiger partial charge in [0, 0.05) is 31.9 Å². The molecule has 1 N–H and O–H groups in total. The van der Waals surface area contributed by atoms with Gasteiger partial charge in [-0.3, -0.25) is 19.3 Å². The molecule has 2 aromatic carbocycles. The Kier molecular flexibility index (Phi) is 8.02. The lowest BCUT2D eigenvalue weighted by Crippen LogP contribution is -2.64. The van der Waals surface area contributed by atoms with Crippen LogP contribution in [-0.2, 0) is 19.7 Å². The van der Waals surface area contributed by atoms with Gasteiger partial charge in [-0.1, -0.05) is 56.3 Å². The number of amides is 2. The summed E-state index contributed by atoms with van der Waals surface area (Å²) >= 11 is 0. The number of aromatic nitrogens is 1. The van der Waals surface area contributed by atoms with Crippen LogP contribution >= 0.6 is 0 Å². The first kappa shape index (κ1) is 27.6. The van der Waals surface area contributed by atoms with E-state index in [1.165, 1.54) is 18.3 Å². The summed E-state index contributed by atoms with van der Waals surface area (Å²) < 4.78 is 21.1. The second-order valence-electron chi connectivity index (χ2n) is 11.0. The Bertz CT molecular complexity index is 1440. The third-order valence-corrected chi connectivity index (χ3v) is 7.52. The SMILES string of the molecule is CC(C)CN1CC[C@@H](C)N2C(=O)c3c(OCc4ccccc4)c(=O)c(C(=O)NCc4ccc(F)cc4)cn3C[C@H]12. The minimum absolute atomic E-state index is 0.00502. The monoisotopic (exact) mass is 546 g/mol. The van der Waals surface area contributed by atoms with Gasteiger partial charge in [0.05, 0.1) is 6.54 Å². The van der Waals surface area contributed by atoms with E-state index in [1.807, 2.05) is 42.2 Å². The molecule has 8 nitrogen and oxygen atoms in total. The summed E-state index contributed by atoms with van der Waals surface area (Å²) in [5.74, 6) is -0.922. The normalized spacial score (nSPS) is 18.8. The molecular formula is C31H35FN4O4. The van der Waals surface area contributed by atoms with Crippen LogP contribution in [0.3, 0.4) is 0 Å². The summed E-state index contributed by atoms with van der Waals surface area (Å²) in [6.45, 7) is 8.65. The van der Waals surface area contributed by atoms with Gasteiger partial charge in [0.1, 0.15) is 24.2 Å². The Morgan fingerprint density at radius 2 is 1.80 bits per heavy atom. The predicted octanol–water partition coefficient (Wildman–Crippen LogP) is 4.03. The molecule has 0 spiro atoms. The largest absolute Gasteiger partial charge is 0.483 e. The van der Waals surface area contributed by atoms with Crippen molar-refractivity contribution < 1.29 is 18.7 Å². The lowest BCUT2D eigenvalue weighted by molar-refractivity contribution is -0.0367. The van der Waals surface area contributed by atoms with Crippen molar-refractivity contribution in [1.29, 1.82) is 0 Å². The second kappa shape index (κ2) is 11.6. The lowest BCUT2D eigenvalue weighted by atomic mass is 10.0. The van der Waals surface area contributed by atoms with Crippen molar-refractivity contribution in [3.05, 3.63) is 99.2 Å². The summed E-state index contributed by atoms with van der Waals surface area (Å²) in [5, 5.41) is 2.76.